The van der Waals surface area contributed by atoms with E-state index in [-0.39, 0.29) is 0 Å². The minimum Gasteiger partial charge on any atom is -0.455 e. The lowest BCUT2D eigenvalue weighted by Gasteiger charge is -2.34. The van der Waals surface area contributed by atoms with Crippen molar-refractivity contribution in [1.82, 2.24) is 0 Å². The molecule has 0 bridgehead atoms. The number of hydrogen-bond donors (Lipinski definition) is 0. The van der Waals surface area contributed by atoms with E-state index >= 15 is 0 Å². The van der Waals surface area contributed by atoms with Crippen molar-refractivity contribution in [3.63, 3.8) is 0 Å². The first-order valence-corrected chi connectivity index (χ1v) is 18.9. The standard InChI is InChI=1S/C53H35NO/c1-3-13-36(14-4-1)37-23-28-41(29-24-37)54(43-32-34-44-38(35-43)25-33-48-47-19-9-12-22-51(47)55-52(44)48)42-30-26-40(27-31-42)53(39-15-5-2-6-16-39)49-20-10-7-17-45(49)46-18-8-11-21-50(46)53/h1-35H. The van der Waals surface area contributed by atoms with Gasteiger partial charge in [-0.05, 0) is 104 Å². The maximum atomic E-state index is 6.43. The topological polar surface area (TPSA) is 16.4 Å². The first-order chi connectivity index (χ1) is 27.3. The fourth-order valence-electron chi connectivity index (χ4n) is 9.09. The molecule has 0 saturated carbocycles. The van der Waals surface area contributed by atoms with Gasteiger partial charge in [0.05, 0.1) is 5.41 Å². The Labute approximate surface area is 320 Å². The maximum Gasteiger partial charge on any atom is 0.143 e. The lowest BCUT2D eigenvalue weighted by molar-refractivity contribution is 0.672. The van der Waals surface area contributed by atoms with E-state index in [1.807, 2.05) is 12.1 Å². The van der Waals surface area contributed by atoms with Gasteiger partial charge in [-0.15, -0.1) is 0 Å². The fraction of sp³-hybridized carbons (Fsp3) is 0.0189. The molecular formula is C53H35NO. The highest BCUT2D eigenvalue weighted by molar-refractivity contribution is 6.15. The quantitative estimate of drug-likeness (QED) is 0.172. The molecule has 2 heteroatoms. The molecule has 10 aromatic rings. The number of rotatable bonds is 6. The van der Waals surface area contributed by atoms with E-state index in [0.29, 0.717) is 0 Å². The van der Waals surface area contributed by atoms with Crippen LogP contribution in [0.3, 0.4) is 0 Å². The Hall–Kier alpha value is -7.16. The Bertz CT molecular complexity index is 2970. The summed E-state index contributed by atoms with van der Waals surface area (Å²) in [6.45, 7) is 0. The van der Waals surface area contributed by atoms with Crippen LogP contribution in [-0.4, -0.2) is 0 Å². The Balaban J connectivity index is 1.08. The summed E-state index contributed by atoms with van der Waals surface area (Å²) in [5.74, 6) is 0. The van der Waals surface area contributed by atoms with E-state index in [1.54, 1.807) is 0 Å². The van der Waals surface area contributed by atoms with Crippen molar-refractivity contribution in [2.24, 2.45) is 0 Å². The van der Waals surface area contributed by atoms with Gasteiger partial charge in [0.2, 0.25) is 0 Å². The molecule has 1 aliphatic rings. The largest absolute Gasteiger partial charge is 0.455 e. The first kappa shape index (κ1) is 31.4. The van der Waals surface area contributed by atoms with Gasteiger partial charge in [0.15, 0.2) is 0 Å². The van der Waals surface area contributed by atoms with Crippen LogP contribution < -0.4 is 4.90 Å². The molecule has 1 aliphatic carbocycles. The van der Waals surface area contributed by atoms with Crippen LogP contribution >= 0.6 is 0 Å². The normalized spacial score (nSPS) is 12.9. The molecule has 0 fully saturated rings. The summed E-state index contributed by atoms with van der Waals surface area (Å²) >= 11 is 0. The molecule has 0 unspecified atom stereocenters. The molecule has 55 heavy (non-hydrogen) atoms. The van der Waals surface area contributed by atoms with E-state index in [4.69, 9.17) is 4.42 Å². The zero-order valence-electron chi connectivity index (χ0n) is 30.1. The van der Waals surface area contributed by atoms with E-state index in [2.05, 4.69) is 205 Å². The van der Waals surface area contributed by atoms with Crippen LogP contribution in [0.4, 0.5) is 17.1 Å². The Morgan fingerprint density at radius 2 is 0.891 bits per heavy atom. The van der Waals surface area contributed by atoms with Gasteiger partial charge in [0, 0.05) is 33.2 Å². The Morgan fingerprint density at radius 3 is 1.60 bits per heavy atom. The van der Waals surface area contributed by atoms with Crippen LogP contribution in [0.1, 0.15) is 22.3 Å². The number of fused-ring (bicyclic) bond motifs is 8. The summed E-state index contributed by atoms with van der Waals surface area (Å²) < 4.78 is 6.43. The first-order valence-electron chi connectivity index (χ1n) is 18.9. The van der Waals surface area contributed by atoms with Crippen LogP contribution in [0, 0.1) is 0 Å². The molecule has 0 aliphatic heterocycles. The minimum atomic E-state index is -0.448. The lowest BCUT2D eigenvalue weighted by atomic mass is 9.68. The summed E-state index contributed by atoms with van der Waals surface area (Å²) in [5, 5.41) is 4.52. The second-order valence-corrected chi connectivity index (χ2v) is 14.4. The summed E-state index contributed by atoms with van der Waals surface area (Å²) in [7, 11) is 0. The fourth-order valence-corrected chi connectivity index (χ4v) is 9.09. The van der Waals surface area contributed by atoms with Crippen molar-refractivity contribution in [2.45, 2.75) is 5.41 Å². The summed E-state index contributed by atoms with van der Waals surface area (Å²) in [4.78, 5) is 2.37. The van der Waals surface area contributed by atoms with Gasteiger partial charge in [-0.3, -0.25) is 0 Å². The van der Waals surface area contributed by atoms with Gasteiger partial charge < -0.3 is 9.32 Å². The maximum absolute atomic E-state index is 6.43. The predicted molar refractivity (Wildman–Crippen MR) is 229 cm³/mol. The Kier molecular flexibility index (Phi) is 7.11. The van der Waals surface area contributed by atoms with Crippen molar-refractivity contribution in [2.75, 3.05) is 4.90 Å². The molecule has 0 atom stereocenters. The zero-order valence-corrected chi connectivity index (χ0v) is 30.1. The van der Waals surface area contributed by atoms with E-state index in [0.717, 1.165) is 49.8 Å². The SMILES string of the molecule is c1ccc(-c2ccc(N(c3ccc(C4(c5ccccc5)c5ccccc5-c5ccccc54)cc3)c3ccc4c(ccc5c6ccccc6oc45)c3)cc2)cc1. The number of anilines is 3. The molecule has 0 N–H and O–H groups in total. The molecule has 258 valence electrons. The van der Waals surface area contributed by atoms with E-state index in [1.165, 1.54) is 44.5 Å². The van der Waals surface area contributed by atoms with Crippen LogP contribution in [0.25, 0.3) is 55.0 Å². The van der Waals surface area contributed by atoms with Crippen LogP contribution in [0.15, 0.2) is 217 Å². The molecule has 9 aromatic carbocycles. The van der Waals surface area contributed by atoms with Gasteiger partial charge in [-0.1, -0.05) is 158 Å². The van der Waals surface area contributed by atoms with E-state index < -0.39 is 5.41 Å². The monoisotopic (exact) mass is 701 g/mol. The van der Waals surface area contributed by atoms with E-state index in [9.17, 15) is 0 Å². The van der Waals surface area contributed by atoms with Crippen LogP contribution in [0.5, 0.6) is 0 Å². The molecule has 0 saturated heterocycles. The molecule has 1 aromatic heterocycles. The molecule has 0 amide bonds. The molecule has 11 rings (SSSR count). The van der Waals surface area contributed by atoms with Crippen molar-refractivity contribution in [3.05, 3.63) is 235 Å². The highest BCUT2D eigenvalue weighted by atomic mass is 16.3. The lowest BCUT2D eigenvalue weighted by Crippen LogP contribution is -2.28. The zero-order chi connectivity index (χ0) is 36.3. The van der Waals surface area contributed by atoms with Crippen LogP contribution in [-0.2, 0) is 5.41 Å². The number of para-hydroxylation sites is 1. The average Bonchev–Trinajstić information content (AvgIpc) is 3.79. The number of furan rings is 1. The van der Waals surface area contributed by atoms with Crippen molar-refractivity contribution < 1.29 is 4.42 Å². The van der Waals surface area contributed by atoms with Gasteiger partial charge in [-0.25, -0.2) is 0 Å². The summed E-state index contributed by atoms with van der Waals surface area (Å²) in [6, 6.07) is 77.0. The minimum absolute atomic E-state index is 0.448. The molecule has 0 radical (unpaired) electrons. The summed E-state index contributed by atoms with van der Waals surface area (Å²) in [6.07, 6.45) is 0. The molecule has 2 nitrogen and oxygen atoms in total. The number of benzene rings is 9. The van der Waals surface area contributed by atoms with Crippen LogP contribution in [0.2, 0.25) is 0 Å². The summed E-state index contributed by atoms with van der Waals surface area (Å²) in [5.41, 5.74) is 14.8. The number of nitrogens with zero attached hydrogens (tertiary/aromatic N) is 1. The van der Waals surface area contributed by atoms with Gasteiger partial charge in [-0.2, -0.15) is 0 Å². The third-order valence-corrected chi connectivity index (χ3v) is 11.6. The average molecular weight is 702 g/mol. The van der Waals surface area contributed by atoms with Gasteiger partial charge in [0.1, 0.15) is 11.2 Å². The number of hydrogen-bond acceptors (Lipinski definition) is 2. The molecule has 1 heterocycles. The third kappa shape index (κ3) is 4.82. The molecular weight excluding hydrogens is 667 g/mol. The third-order valence-electron chi connectivity index (χ3n) is 11.6. The van der Waals surface area contributed by atoms with Gasteiger partial charge in [0.25, 0.3) is 0 Å². The Morgan fingerprint density at radius 1 is 0.364 bits per heavy atom. The smallest absolute Gasteiger partial charge is 0.143 e. The predicted octanol–water partition coefficient (Wildman–Crippen LogP) is 14.2. The highest BCUT2D eigenvalue weighted by Gasteiger charge is 2.45. The van der Waals surface area contributed by atoms with Gasteiger partial charge >= 0.3 is 0 Å². The second-order valence-electron chi connectivity index (χ2n) is 14.4. The van der Waals surface area contributed by atoms with Crippen molar-refractivity contribution >= 4 is 49.8 Å². The molecule has 0 spiro atoms. The second kappa shape index (κ2) is 12.5. The van der Waals surface area contributed by atoms with Crippen molar-refractivity contribution in [3.8, 4) is 22.3 Å². The van der Waals surface area contributed by atoms with Crippen molar-refractivity contribution in [1.29, 1.82) is 0 Å². The highest BCUT2D eigenvalue weighted by Crippen LogP contribution is 2.56.